The Morgan fingerprint density at radius 3 is 2.90 bits per heavy atom. The van der Waals surface area contributed by atoms with Gasteiger partial charge in [-0.3, -0.25) is 4.68 Å². The molecular weight excluding hydrogens is 270 g/mol. The fourth-order valence-electron chi connectivity index (χ4n) is 2.16. The number of carbonyl (C=O) groups is 1. The first-order valence-corrected chi connectivity index (χ1v) is 6.97. The molecule has 1 N–H and O–H groups in total. The van der Waals surface area contributed by atoms with Crippen LogP contribution in [0.3, 0.4) is 0 Å². The number of furan rings is 1. The quantitative estimate of drug-likeness (QED) is 0.624. The Morgan fingerprint density at radius 1 is 1.43 bits per heavy atom. The van der Waals surface area contributed by atoms with Crippen LogP contribution in [0.15, 0.2) is 22.8 Å². The molecule has 0 spiro atoms. The van der Waals surface area contributed by atoms with Gasteiger partial charge in [0.2, 0.25) is 0 Å². The number of hydrogen-bond acceptors (Lipinski definition) is 5. The van der Waals surface area contributed by atoms with Crippen LogP contribution in [0.2, 0.25) is 0 Å². The van der Waals surface area contributed by atoms with Gasteiger partial charge in [-0.15, -0.1) is 0 Å². The van der Waals surface area contributed by atoms with E-state index >= 15 is 0 Å². The summed E-state index contributed by atoms with van der Waals surface area (Å²) in [5.74, 6) is 0.344. The van der Waals surface area contributed by atoms with Gasteiger partial charge in [0.1, 0.15) is 12.0 Å². The fourth-order valence-corrected chi connectivity index (χ4v) is 2.16. The third-order valence-corrected chi connectivity index (χ3v) is 3.20. The summed E-state index contributed by atoms with van der Waals surface area (Å²) in [6.45, 7) is 6.39. The van der Waals surface area contributed by atoms with Gasteiger partial charge in [-0.2, -0.15) is 5.10 Å². The van der Waals surface area contributed by atoms with Gasteiger partial charge in [-0.1, -0.05) is 0 Å². The summed E-state index contributed by atoms with van der Waals surface area (Å²) in [5.41, 5.74) is 2.67. The summed E-state index contributed by atoms with van der Waals surface area (Å²) in [7, 11) is 1.35. The summed E-state index contributed by atoms with van der Waals surface area (Å²) in [6, 6.07) is 3.77. The van der Waals surface area contributed by atoms with E-state index in [4.69, 9.17) is 4.42 Å². The van der Waals surface area contributed by atoms with Crippen molar-refractivity contribution >= 4 is 5.97 Å². The van der Waals surface area contributed by atoms with E-state index in [1.165, 1.54) is 19.1 Å². The number of aromatic nitrogens is 2. The first-order chi connectivity index (χ1) is 10.1. The monoisotopic (exact) mass is 291 g/mol. The molecule has 0 bridgehead atoms. The summed E-state index contributed by atoms with van der Waals surface area (Å²) in [6.07, 6.45) is 2.39. The number of hydrogen-bond donors (Lipinski definition) is 1. The molecule has 0 unspecified atom stereocenters. The third kappa shape index (κ3) is 4.19. The molecule has 0 saturated carbocycles. The molecule has 114 valence electrons. The molecule has 0 atom stereocenters. The van der Waals surface area contributed by atoms with Crippen molar-refractivity contribution < 1.29 is 13.9 Å². The minimum Gasteiger partial charge on any atom is -0.467 e. The maximum atomic E-state index is 11.3. The van der Waals surface area contributed by atoms with E-state index in [2.05, 4.69) is 28.1 Å². The van der Waals surface area contributed by atoms with E-state index < -0.39 is 0 Å². The Bertz CT molecular complexity index is 601. The summed E-state index contributed by atoms with van der Waals surface area (Å²) >= 11 is 0. The van der Waals surface area contributed by atoms with Crippen molar-refractivity contribution in [2.45, 2.75) is 33.4 Å². The normalized spacial score (nSPS) is 10.8. The van der Waals surface area contributed by atoms with Crippen molar-refractivity contribution in [3.8, 4) is 0 Å². The lowest BCUT2D eigenvalue weighted by Gasteiger charge is -2.05. The van der Waals surface area contributed by atoms with Crippen LogP contribution in [-0.4, -0.2) is 29.4 Å². The Balaban J connectivity index is 1.69. The highest BCUT2D eigenvalue weighted by Gasteiger charge is 2.09. The second-order valence-corrected chi connectivity index (χ2v) is 4.97. The van der Waals surface area contributed by atoms with Crippen molar-refractivity contribution in [3.05, 3.63) is 41.1 Å². The summed E-state index contributed by atoms with van der Waals surface area (Å²) < 4.78 is 11.9. The molecule has 2 heterocycles. The largest absolute Gasteiger partial charge is 0.467 e. The lowest BCUT2D eigenvalue weighted by Crippen LogP contribution is -2.17. The van der Waals surface area contributed by atoms with Crippen LogP contribution >= 0.6 is 0 Å². The van der Waals surface area contributed by atoms with Crippen molar-refractivity contribution in [2.75, 3.05) is 13.7 Å². The van der Waals surface area contributed by atoms with Crippen molar-refractivity contribution in [3.63, 3.8) is 0 Å². The third-order valence-electron chi connectivity index (χ3n) is 3.20. The van der Waals surface area contributed by atoms with Gasteiger partial charge >= 0.3 is 5.97 Å². The van der Waals surface area contributed by atoms with Crippen molar-refractivity contribution in [1.82, 2.24) is 15.1 Å². The molecule has 0 saturated heterocycles. The molecule has 6 heteroatoms. The topological polar surface area (TPSA) is 69.3 Å². The van der Waals surface area contributed by atoms with Crippen molar-refractivity contribution in [2.24, 2.45) is 0 Å². The molecule has 0 fully saturated rings. The minimum atomic E-state index is -0.380. The standard InChI is InChI=1S/C15H21N3O3/c1-11-7-12(2)18(17-11)6-4-5-16-9-14-8-13(10-21-14)15(19)20-3/h7-8,10,16H,4-6,9H2,1-3H3. The van der Waals surface area contributed by atoms with Crippen LogP contribution in [-0.2, 0) is 17.8 Å². The molecule has 0 aliphatic carbocycles. The van der Waals surface area contributed by atoms with Gasteiger partial charge in [0, 0.05) is 12.2 Å². The lowest BCUT2D eigenvalue weighted by molar-refractivity contribution is 0.0600. The molecule has 21 heavy (non-hydrogen) atoms. The molecule has 0 aliphatic heterocycles. The smallest absolute Gasteiger partial charge is 0.341 e. The maximum absolute atomic E-state index is 11.3. The average Bonchev–Trinajstić information content (AvgIpc) is 3.05. The second kappa shape index (κ2) is 7.08. The number of carbonyl (C=O) groups excluding carboxylic acids is 1. The van der Waals surface area contributed by atoms with Gasteiger partial charge in [-0.25, -0.2) is 4.79 Å². The fraction of sp³-hybridized carbons (Fsp3) is 0.467. The van der Waals surface area contributed by atoms with E-state index in [9.17, 15) is 4.79 Å². The Hall–Kier alpha value is -2.08. The van der Waals surface area contributed by atoms with Gasteiger partial charge in [-0.05, 0) is 38.9 Å². The van der Waals surface area contributed by atoms with E-state index in [1.54, 1.807) is 6.07 Å². The second-order valence-electron chi connectivity index (χ2n) is 4.97. The van der Waals surface area contributed by atoms with Gasteiger partial charge in [0.05, 0.1) is 24.9 Å². The highest BCUT2D eigenvalue weighted by atomic mass is 16.5. The lowest BCUT2D eigenvalue weighted by atomic mass is 10.3. The molecule has 0 aromatic carbocycles. The number of rotatable bonds is 7. The van der Waals surface area contributed by atoms with E-state index in [1.807, 2.05) is 11.6 Å². The number of ether oxygens (including phenoxy) is 1. The molecular formula is C15H21N3O3. The molecule has 0 aliphatic rings. The minimum absolute atomic E-state index is 0.380. The SMILES string of the molecule is COC(=O)c1coc(CNCCCn2nc(C)cc2C)c1. The van der Waals surface area contributed by atoms with E-state index in [-0.39, 0.29) is 5.97 Å². The Kier molecular flexibility index (Phi) is 5.16. The van der Waals surface area contributed by atoms with Crippen LogP contribution < -0.4 is 5.32 Å². The number of nitrogens with one attached hydrogen (secondary N) is 1. The highest BCUT2D eigenvalue weighted by Crippen LogP contribution is 2.08. The Morgan fingerprint density at radius 2 is 2.24 bits per heavy atom. The van der Waals surface area contributed by atoms with Gasteiger partial charge in [0.25, 0.3) is 0 Å². The summed E-state index contributed by atoms with van der Waals surface area (Å²) in [5, 5.41) is 7.70. The molecule has 0 amide bonds. The molecule has 0 radical (unpaired) electrons. The van der Waals surface area contributed by atoms with Gasteiger partial charge in [0.15, 0.2) is 0 Å². The van der Waals surface area contributed by atoms with E-state index in [0.29, 0.717) is 12.1 Å². The van der Waals surface area contributed by atoms with Gasteiger partial charge < -0.3 is 14.5 Å². The average molecular weight is 291 g/mol. The first-order valence-electron chi connectivity index (χ1n) is 6.97. The van der Waals surface area contributed by atoms with Crippen LogP contribution in [0, 0.1) is 13.8 Å². The predicted octanol–water partition coefficient (Wildman–Crippen LogP) is 2.06. The van der Waals surface area contributed by atoms with Crippen LogP contribution in [0.25, 0.3) is 0 Å². The summed E-state index contributed by atoms with van der Waals surface area (Å²) in [4.78, 5) is 11.3. The van der Waals surface area contributed by atoms with Crippen LogP contribution in [0.4, 0.5) is 0 Å². The zero-order chi connectivity index (χ0) is 15.2. The zero-order valence-corrected chi connectivity index (χ0v) is 12.7. The molecule has 6 nitrogen and oxygen atoms in total. The number of aryl methyl sites for hydroxylation is 3. The molecule has 2 aromatic rings. The maximum Gasteiger partial charge on any atom is 0.341 e. The Labute approximate surface area is 124 Å². The predicted molar refractivity (Wildman–Crippen MR) is 78.1 cm³/mol. The first kappa shape index (κ1) is 15.3. The van der Waals surface area contributed by atoms with Crippen LogP contribution in [0.1, 0.15) is 33.9 Å². The molecule has 2 aromatic heterocycles. The zero-order valence-electron chi connectivity index (χ0n) is 12.7. The number of methoxy groups -OCH3 is 1. The highest BCUT2D eigenvalue weighted by molar-refractivity contribution is 5.88. The van der Waals surface area contributed by atoms with Crippen LogP contribution in [0.5, 0.6) is 0 Å². The number of esters is 1. The molecule has 2 rings (SSSR count). The van der Waals surface area contributed by atoms with Crippen molar-refractivity contribution in [1.29, 1.82) is 0 Å². The number of nitrogens with zero attached hydrogens (tertiary/aromatic N) is 2. The van der Waals surface area contributed by atoms with E-state index in [0.717, 1.165) is 31.0 Å².